The molecule has 1 aromatic carbocycles. The third-order valence-electron chi connectivity index (χ3n) is 3.86. The maximum absolute atomic E-state index is 4.28. The van der Waals surface area contributed by atoms with Crippen LogP contribution in [0.1, 0.15) is 30.4 Å². The summed E-state index contributed by atoms with van der Waals surface area (Å²) in [5.41, 5.74) is 2.61. The van der Waals surface area contributed by atoms with E-state index in [0.717, 1.165) is 31.9 Å². The number of guanidine groups is 1. The number of hydrogen-bond donors (Lipinski definition) is 2. The van der Waals surface area contributed by atoms with Gasteiger partial charge in [0.15, 0.2) is 5.96 Å². The van der Waals surface area contributed by atoms with Crippen molar-refractivity contribution >= 4 is 5.96 Å². The van der Waals surface area contributed by atoms with Gasteiger partial charge in [-0.3, -0.25) is 9.67 Å². The smallest absolute Gasteiger partial charge is 0.190 e. The van der Waals surface area contributed by atoms with Gasteiger partial charge in [0.25, 0.3) is 0 Å². The normalized spacial score (nSPS) is 12.9. The van der Waals surface area contributed by atoms with Crippen LogP contribution >= 0.6 is 0 Å². The van der Waals surface area contributed by atoms with Gasteiger partial charge in [0.2, 0.25) is 0 Å². The Morgan fingerprint density at radius 1 is 1.26 bits per heavy atom. The Kier molecular flexibility index (Phi) is 6.66. The number of benzene rings is 1. The number of rotatable bonds is 7. The first-order valence-corrected chi connectivity index (χ1v) is 8.16. The van der Waals surface area contributed by atoms with Crippen LogP contribution in [-0.2, 0) is 13.5 Å². The average molecular weight is 313 g/mol. The fourth-order valence-corrected chi connectivity index (χ4v) is 2.47. The lowest BCUT2D eigenvalue weighted by Crippen LogP contribution is -2.39. The Morgan fingerprint density at radius 3 is 2.70 bits per heavy atom. The van der Waals surface area contributed by atoms with Gasteiger partial charge in [-0.25, -0.2) is 0 Å². The van der Waals surface area contributed by atoms with Gasteiger partial charge < -0.3 is 10.6 Å². The fourth-order valence-electron chi connectivity index (χ4n) is 2.47. The average Bonchev–Trinajstić information content (AvgIpc) is 3.00. The van der Waals surface area contributed by atoms with E-state index < -0.39 is 0 Å². The van der Waals surface area contributed by atoms with Crippen LogP contribution in [0, 0.1) is 0 Å². The predicted octanol–water partition coefficient (Wildman–Crippen LogP) is 2.32. The van der Waals surface area contributed by atoms with Crippen molar-refractivity contribution in [3.8, 4) is 0 Å². The van der Waals surface area contributed by atoms with Crippen LogP contribution in [0.5, 0.6) is 0 Å². The number of nitrogens with one attached hydrogen (secondary N) is 2. The Hall–Kier alpha value is -2.30. The second kappa shape index (κ2) is 8.98. The molecular weight excluding hydrogens is 286 g/mol. The quantitative estimate of drug-likeness (QED) is 0.468. The van der Waals surface area contributed by atoms with E-state index in [9.17, 15) is 0 Å². The molecule has 2 aromatic rings. The molecule has 124 valence electrons. The van der Waals surface area contributed by atoms with Crippen LogP contribution in [0.25, 0.3) is 0 Å². The number of aliphatic imine (C=N–C) groups is 1. The second-order valence-corrected chi connectivity index (χ2v) is 5.82. The zero-order valence-corrected chi connectivity index (χ0v) is 14.3. The molecule has 0 bridgehead atoms. The Labute approximate surface area is 138 Å². The van der Waals surface area contributed by atoms with E-state index in [0.29, 0.717) is 5.92 Å². The minimum atomic E-state index is 0.449. The summed E-state index contributed by atoms with van der Waals surface area (Å²) in [5, 5.41) is 10.9. The van der Waals surface area contributed by atoms with E-state index in [-0.39, 0.29) is 0 Å². The molecule has 0 aliphatic rings. The topological polar surface area (TPSA) is 54.2 Å². The third kappa shape index (κ3) is 5.77. The van der Waals surface area contributed by atoms with Crippen molar-refractivity contribution in [1.29, 1.82) is 0 Å². The van der Waals surface area contributed by atoms with E-state index in [2.05, 4.69) is 58.1 Å². The first-order chi connectivity index (χ1) is 11.2. The van der Waals surface area contributed by atoms with Crippen LogP contribution in [0.3, 0.4) is 0 Å². The number of aryl methyl sites for hydroxylation is 2. The standard InChI is InChI=1S/C18H27N5/c1-15(17-9-5-4-6-10-17)12-21-18(19-2)20-11-7-8-16-13-22-23(3)14-16/h4-6,9-10,13-15H,7-8,11-12H2,1-3H3,(H2,19,20,21). The van der Waals surface area contributed by atoms with Crippen LogP contribution in [0.2, 0.25) is 0 Å². The Bertz CT molecular complexity index is 603. The zero-order chi connectivity index (χ0) is 16.5. The molecule has 0 aliphatic heterocycles. The monoisotopic (exact) mass is 313 g/mol. The minimum absolute atomic E-state index is 0.449. The van der Waals surface area contributed by atoms with Gasteiger partial charge in [0.1, 0.15) is 0 Å². The van der Waals surface area contributed by atoms with Crippen LogP contribution < -0.4 is 10.6 Å². The van der Waals surface area contributed by atoms with E-state index >= 15 is 0 Å². The van der Waals surface area contributed by atoms with Crippen molar-refractivity contribution in [3.05, 3.63) is 53.9 Å². The van der Waals surface area contributed by atoms with Crippen molar-refractivity contribution in [2.75, 3.05) is 20.1 Å². The zero-order valence-electron chi connectivity index (χ0n) is 14.3. The highest BCUT2D eigenvalue weighted by atomic mass is 15.2. The lowest BCUT2D eigenvalue weighted by atomic mass is 10.0. The molecule has 0 saturated carbocycles. The van der Waals surface area contributed by atoms with E-state index in [1.54, 1.807) is 0 Å². The molecule has 0 saturated heterocycles. The lowest BCUT2D eigenvalue weighted by molar-refractivity contribution is 0.688. The van der Waals surface area contributed by atoms with Gasteiger partial charge in [0.05, 0.1) is 6.20 Å². The molecule has 5 nitrogen and oxygen atoms in total. The molecule has 0 radical (unpaired) electrons. The summed E-state index contributed by atoms with van der Waals surface area (Å²) in [6, 6.07) is 10.5. The van der Waals surface area contributed by atoms with E-state index in [4.69, 9.17) is 0 Å². The highest BCUT2D eigenvalue weighted by Crippen LogP contribution is 2.12. The van der Waals surface area contributed by atoms with E-state index in [1.807, 2.05) is 31.0 Å². The molecule has 5 heteroatoms. The van der Waals surface area contributed by atoms with Gasteiger partial charge in [-0.05, 0) is 29.9 Å². The molecule has 2 rings (SSSR count). The highest BCUT2D eigenvalue weighted by molar-refractivity contribution is 5.79. The van der Waals surface area contributed by atoms with Gasteiger partial charge in [-0.1, -0.05) is 37.3 Å². The fraction of sp³-hybridized carbons (Fsp3) is 0.444. The highest BCUT2D eigenvalue weighted by Gasteiger charge is 2.06. The molecule has 0 aliphatic carbocycles. The van der Waals surface area contributed by atoms with Crippen molar-refractivity contribution in [3.63, 3.8) is 0 Å². The van der Waals surface area contributed by atoms with Crippen molar-refractivity contribution in [2.45, 2.75) is 25.7 Å². The van der Waals surface area contributed by atoms with Crippen molar-refractivity contribution in [2.24, 2.45) is 12.0 Å². The summed E-state index contributed by atoms with van der Waals surface area (Å²) in [6.07, 6.45) is 6.07. The van der Waals surface area contributed by atoms with Gasteiger partial charge in [-0.15, -0.1) is 0 Å². The van der Waals surface area contributed by atoms with E-state index in [1.165, 1.54) is 11.1 Å². The van der Waals surface area contributed by atoms with Crippen LogP contribution in [0.15, 0.2) is 47.7 Å². The predicted molar refractivity (Wildman–Crippen MR) is 95.8 cm³/mol. The van der Waals surface area contributed by atoms with Crippen molar-refractivity contribution in [1.82, 2.24) is 20.4 Å². The summed E-state index contributed by atoms with van der Waals surface area (Å²) < 4.78 is 1.84. The Morgan fingerprint density at radius 2 is 2.04 bits per heavy atom. The van der Waals surface area contributed by atoms with Crippen LogP contribution in [-0.4, -0.2) is 35.9 Å². The molecule has 1 heterocycles. The van der Waals surface area contributed by atoms with Gasteiger partial charge in [0, 0.05) is 33.4 Å². The number of nitrogens with zero attached hydrogens (tertiary/aromatic N) is 3. The van der Waals surface area contributed by atoms with Gasteiger partial charge >= 0.3 is 0 Å². The number of hydrogen-bond acceptors (Lipinski definition) is 2. The molecule has 1 unspecified atom stereocenters. The lowest BCUT2D eigenvalue weighted by Gasteiger charge is -2.16. The molecule has 0 amide bonds. The largest absolute Gasteiger partial charge is 0.356 e. The summed E-state index contributed by atoms with van der Waals surface area (Å²) >= 11 is 0. The maximum Gasteiger partial charge on any atom is 0.190 e. The Balaban J connectivity index is 1.67. The first-order valence-electron chi connectivity index (χ1n) is 8.16. The summed E-state index contributed by atoms with van der Waals surface area (Å²) in [4.78, 5) is 4.28. The molecule has 1 atom stereocenters. The van der Waals surface area contributed by atoms with Crippen molar-refractivity contribution < 1.29 is 0 Å². The summed E-state index contributed by atoms with van der Waals surface area (Å²) in [6.45, 7) is 3.98. The second-order valence-electron chi connectivity index (χ2n) is 5.82. The SMILES string of the molecule is CN=C(NCCCc1cnn(C)c1)NCC(C)c1ccccc1. The summed E-state index contributed by atoms with van der Waals surface area (Å²) in [5.74, 6) is 1.31. The van der Waals surface area contributed by atoms with Gasteiger partial charge in [-0.2, -0.15) is 5.10 Å². The maximum atomic E-state index is 4.28. The molecule has 0 fully saturated rings. The molecule has 0 spiro atoms. The molecule has 1 aromatic heterocycles. The summed E-state index contributed by atoms with van der Waals surface area (Å²) in [7, 11) is 3.76. The third-order valence-corrected chi connectivity index (χ3v) is 3.86. The molecular formula is C18H27N5. The number of aromatic nitrogens is 2. The van der Waals surface area contributed by atoms with Crippen LogP contribution in [0.4, 0.5) is 0 Å². The molecule has 23 heavy (non-hydrogen) atoms. The molecule has 2 N–H and O–H groups in total. The minimum Gasteiger partial charge on any atom is -0.356 e. The first kappa shape index (κ1) is 17.1.